The summed E-state index contributed by atoms with van der Waals surface area (Å²) in [4.78, 5) is 11.1. The van der Waals surface area contributed by atoms with E-state index < -0.39 is 41.8 Å². The summed E-state index contributed by atoms with van der Waals surface area (Å²) in [5, 5.41) is 11.1. The van der Waals surface area contributed by atoms with Crippen LogP contribution in [0.25, 0.3) is 0 Å². The zero-order valence-corrected chi connectivity index (χ0v) is 25.8. The van der Waals surface area contributed by atoms with Crippen LogP contribution in [0, 0.1) is 13.8 Å². The Morgan fingerprint density at radius 3 is 1.42 bits per heavy atom. The summed E-state index contributed by atoms with van der Waals surface area (Å²) in [5.41, 5.74) is 1.84. The number of carboxylic acids is 1. The van der Waals surface area contributed by atoms with Crippen molar-refractivity contribution < 1.29 is 18.3 Å². The Morgan fingerprint density at radius 1 is 0.737 bits per heavy atom. The second kappa shape index (κ2) is 13.6. The molecule has 0 heterocycles. The topological polar surface area (TPSA) is 77.5 Å². The van der Waals surface area contributed by atoms with Gasteiger partial charge < -0.3 is 9.90 Å². The van der Waals surface area contributed by atoms with E-state index in [0.717, 1.165) is 4.31 Å². The molecule has 1 unspecified atom stereocenters. The third kappa shape index (κ3) is 7.26. The van der Waals surface area contributed by atoms with Gasteiger partial charge in [0.1, 0.15) is 0 Å². The number of hydrogen-bond donors (Lipinski definition) is 0. The van der Waals surface area contributed by atoms with Gasteiger partial charge in [-0.1, -0.05) is 18.2 Å². The van der Waals surface area contributed by atoms with Crippen molar-refractivity contribution in [1.29, 1.82) is 0 Å². The fraction of sp³-hybridized carbons (Fsp3) is 0.194. The molecule has 5 nitrogen and oxygen atoms in total. The molecule has 38 heavy (non-hydrogen) atoms. The molecule has 0 radical (unpaired) electrons. The molecule has 1 atom stereocenters. The van der Waals surface area contributed by atoms with Crippen LogP contribution in [0.15, 0.2) is 109 Å². The Bertz CT molecular complexity index is 1310. The standard InChI is InChI=1S/C13H19NO4S.3C6H5.Sn/c1-5-19(17,18)14(11(4)13(15)16)12-9(2)7-6-8-10(12)3;3*1-2-4-6-5-3-1;/h6-8,11H,5H2,1-4H3,(H,15,16);3*1-5H;/q;;;;+1/p-1. The van der Waals surface area contributed by atoms with Gasteiger partial charge in [-0.3, -0.25) is 4.31 Å². The maximum atomic E-state index is 12.2. The van der Waals surface area contributed by atoms with Crippen molar-refractivity contribution in [3.63, 3.8) is 0 Å². The number of rotatable bonds is 8. The molecule has 7 heteroatoms. The molecule has 0 fully saturated rings. The summed E-state index contributed by atoms with van der Waals surface area (Å²) in [5.74, 6) is -1.59. The molecule has 0 spiro atoms. The van der Waals surface area contributed by atoms with E-state index in [0.29, 0.717) is 16.8 Å². The number of hydrogen-bond acceptors (Lipinski definition) is 4. The summed E-state index contributed by atoms with van der Waals surface area (Å²) >= 11 is -1.98. The van der Waals surface area contributed by atoms with Gasteiger partial charge in [0.25, 0.3) is 0 Å². The Kier molecular flexibility index (Phi) is 10.6. The van der Waals surface area contributed by atoms with Crippen molar-refractivity contribution in [3.05, 3.63) is 120 Å². The van der Waals surface area contributed by atoms with E-state index in [9.17, 15) is 18.3 Å². The fourth-order valence-electron chi connectivity index (χ4n) is 4.28. The average molecular weight is 634 g/mol. The van der Waals surface area contributed by atoms with Gasteiger partial charge in [-0.2, -0.15) is 0 Å². The van der Waals surface area contributed by atoms with Crippen LogP contribution in [-0.2, 0) is 14.8 Å². The molecular weight excluding hydrogens is 601 g/mol. The van der Waals surface area contributed by atoms with Crippen LogP contribution in [-0.4, -0.2) is 45.9 Å². The quantitative estimate of drug-likeness (QED) is 0.280. The second-order valence-corrected chi connectivity index (χ2v) is 18.1. The number of carbonyl (C=O) groups excluding carboxylic acids is 1. The first kappa shape index (κ1) is 29.5. The van der Waals surface area contributed by atoms with Crippen molar-refractivity contribution in [2.75, 3.05) is 10.1 Å². The summed E-state index contributed by atoms with van der Waals surface area (Å²) in [6.07, 6.45) is 0. The molecule has 0 amide bonds. The second-order valence-electron chi connectivity index (χ2n) is 8.90. The van der Waals surface area contributed by atoms with Gasteiger partial charge in [0, 0.05) is 0 Å². The monoisotopic (exact) mass is 635 g/mol. The number of anilines is 1. The van der Waals surface area contributed by atoms with Crippen LogP contribution in [0.2, 0.25) is 0 Å². The van der Waals surface area contributed by atoms with E-state index in [1.807, 2.05) is 0 Å². The number of carboxylic acid groups (broad SMARTS) is 1. The Balaban J connectivity index is 0.000000211. The number of aryl methyl sites for hydroxylation is 2. The predicted molar refractivity (Wildman–Crippen MR) is 156 cm³/mol. The minimum absolute atomic E-state index is 0.168. The van der Waals surface area contributed by atoms with Crippen molar-refractivity contribution >= 4 is 52.2 Å². The van der Waals surface area contributed by atoms with Gasteiger partial charge in [-0.05, 0) is 38.8 Å². The third-order valence-electron chi connectivity index (χ3n) is 6.20. The van der Waals surface area contributed by atoms with E-state index in [-0.39, 0.29) is 5.75 Å². The summed E-state index contributed by atoms with van der Waals surface area (Å²) < 4.78 is 29.9. The van der Waals surface area contributed by atoms with Crippen LogP contribution in [0.3, 0.4) is 0 Å². The zero-order valence-electron chi connectivity index (χ0n) is 22.2. The van der Waals surface area contributed by atoms with Crippen LogP contribution in [0.5, 0.6) is 0 Å². The van der Waals surface area contributed by atoms with Gasteiger partial charge in [0.05, 0.1) is 23.5 Å². The van der Waals surface area contributed by atoms with E-state index in [2.05, 4.69) is 91.0 Å². The number of carbonyl (C=O) groups is 1. The molecule has 4 aromatic carbocycles. The Hall–Kier alpha value is -3.10. The Morgan fingerprint density at radius 2 is 1.11 bits per heavy atom. The summed E-state index contributed by atoms with van der Waals surface area (Å²) in [7, 11) is -3.69. The predicted octanol–water partition coefficient (Wildman–Crippen LogP) is 2.80. The number of sulfonamides is 1. The fourth-order valence-corrected chi connectivity index (χ4v) is 13.0. The molecule has 0 aliphatic carbocycles. The molecule has 196 valence electrons. The number of para-hydroxylation sites is 1. The Labute approximate surface area is 233 Å². The van der Waals surface area contributed by atoms with Crippen LogP contribution in [0.1, 0.15) is 25.0 Å². The first-order valence-corrected chi connectivity index (χ1v) is 18.4. The van der Waals surface area contributed by atoms with E-state index in [1.54, 1.807) is 32.0 Å². The number of benzene rings is 4. The molecular formula is C31H33NO4SSn. The van der Waals surface area contributed by atoms with Crippen molar-refractivity contribution in [2.45, 2.75) is 33.7 Å². The van der Waals surface area contributed by atoms with Crippen molar-refractivity contribution in [2.24, 2.45) is 0 Å². The van der Waals surface area contributed by atoms with Gasteiger partial charge in [0.15, 0.2) is 0 Å². The number of nitrogens with zero attached hydrogens (tertiary/aromatic N) is 1. The molecule has 0 aliphatic rings. The molecule has 0 aromatic heterocycles. The van der Waals surface area contributed by atoms with Crippen molar-refractivity contribution in [1.82, 2.24) is 0 Å². The van der Waals surface area contributed by atoms with E-state index in [4.69, 9.17) is 0 Å². The SMILES string of the molecule is CCS(=O)(=O)N(c1c(C)cccc1C)C(C)C(=O)[O-].c1cc[c]([Sn+]([c]2ccccc2)[c]2ccccc2)cc1. The molecule has 4 rings (SSSR count). The van der Waals surface area contributed by atoms with Crippen LogP contribution < -0.4 is 20.1 Å². The van der Waals surface area contributed by atoms with Crippen LogP contribution >= 0.6 is 0 Å². The van der Waals surface area contributed by atoms with Crippen LogP contribution in [0.4, 0.5) is 5.69 Å². The maximum absolute atomic E-state index is 12.2. The third-order valence-corrected chi connectivity index (χ3v) is 15.8. The first-order valence-electron chi connectivity index (χ1n) is 12.5. The minimum atomic E-state index is -3.69. The molecule has 4 aromatic rings. The van der Waals surface area contributed by atoms with Gasteiger partial charge >= 0.3 is 121 Å². The number of aliphatic carboxylic acids is 1. The molecule has 0 N–H and O–H groups in total. The van der Waals surface area contributed by atoms with Gasteiger partial charge in [-0.15, -0.1) is 0 Å². The molecule has 0 saturated heterocycles. The van der Waals surface area contributed by atoms with Gasteiger partial charge in [-0.25, -0.2) is 8.42 Å². The molecule has 0 aliphatic heterocycles. The molecule has 0 saturated carbocycles. The van der Waals surface area contributed by atoms with Gasteiger partial charge in [0.2, 0.25) is 10.0 Å². The summed E-state index contributed by atoms with van der Waals surface area (Å²) in [6, 6.07) is 37.0. The van der Waals surface area contributed by atoms with E-state index >= 15 is 0 Å². The van der Waals surface area contributed by atoms with Crippen molar-refractivity contribution in [3.8, 4) is 0 Å². The summed E-state index contributed by atoms with van der Waals surface area (Å²) in [6.45, 7) is 6.30. The molecule has 0 bridgehead atoms. The average Bonchev–Trinajstić information content (AvgIpc) is 2.93. The normalized spacial score (nSPS) is 11.6. The first-order chi connectivity index (χ1) is 18.2. The zero-order chi connectivity index (χ0) is 27.7. The van der Waals surface area contributed by atoms with E-state index in [1.165, 1.54) is 24.6 Å².